The second kappa shape index (κ2) is 5.89. The second-order valence-electron chi connectivity index (χ2n) is 2.86. The van der Waals surface area contributed by atoms with Gasteiger partial charge in [0, 0.05) is 6.20 Å². The third-order valence-electron chi connectivity index (χ3n) is 1.78. The summed E-state index contributed by atoms with van der Waals surface area (Å²) in [5.74, 6) is -0.534. The first-order valence-corrected chi connectivity index (χ1v) is 4.84. The average Bonchev–Trinajstić information content (AvgIpc) is 2.30. The molecule has 1 aromatic heterocycles. The van der Waals surface area contributed by atoms with E-state index >= 15 is 0 Å². The van der Waals surface area contributed by atoms with Crippen LogP contribution in [-0.2, 0) is 4.74 Å². The number of nitrogens with zero attached hydrogens (tertiary/aromatic N) is 2. The Morgan fingerprint density at radius 2 is 2.50 bits per heavy atom. The molecule has 0 aliphatic rings. The summed E-state index contributed by atoms with van der Waals surface area (Å²) in [5.41, 5.74) is 0.906. The van der Waals surface area contributed by atoms with Crippen LogP contribution in [0.5, 0.6) is 0 Å². The molecule has 0 unspecified atom stereocenters. The number of hydrogen-bond acceptors (Lipinski definition) is 4. The van der Waals surface area contributed by atoms with Gasteiger partial charge in [0.1, 0.15) is 5.15 Å². The standard InChI is InChI=1S/C11H9ClN2O2/c1-16-11(15)9-6-8(4-2-3-5-13)7-14-10(9)12/h2,4,6-7H,3H2,1H3. The number of ether oxygens (including phenoxy) is 1. The number of carbonyl (C=O) groups excluding carboxylic acids is 1. The molecule has 1 heterocycles. The molecule has 1 aromatic rings. The van der Waals surface area contributed by atoms with E-state index in [-0.39, 0.29) is 10.7 Å². The molecular weight excluding hydrogens is 228 g/mol. The third-order valence-corrected chi connectivity index (χ3v) is 2.09. The van der Waals surface area contributed by atoms with Crippen molar-refractivity contribution >= 4 is 23.6 Å². The van der Waals surface area contributed by atoms with Crippen LogP contribution in [0, 0.1) is 11.3 Å². The lowest BCUT2D eigenvalue weighted by molar-refractivity contribution is 0.0600. The number of allylic oxidation sites excluding steroid dienone is 1. The van der Waals surface area contributed by atoms with Gasteiger partial charge in [0.15, 0.2) is 0 Å². The van der Waals surface area contributed by atoms with Crippen LogP contribution in [0.25, 0.3) is 6.08 Å². The van der Waals surface area contributed by atoms with Gasteiger partial charge >= 0.3 is 5.97 Å². The molecule has 0 fully saturated rings. The van der Waals surface area contributed by atoms with E-state index in [4.69, 9.17) is 16.9 Å². The number of halogens is 1. The molecular formula is C11H9ClN2O2. The maximum absolute atomic E-state index is 11.3. The summed E-state index contributed by atoms with van der Waals surface area (Å²) < 4.78 is 4.56. The molecule has 0 spiro atoms. The van der Waals surface area contributed by atoms with Gasteiger partial charge < -0.3 is 4.74 Å². The maximum atomic E-state index is 11.3. The Bertz CT molecular complexity index is 464. The van der Waals surface area contributed by atoms with Crippen molar-refractivity contribution in [2.45, 2.75) is 6.42 Å². The zero-order valence-corrected chi connectivity index (χ0v) is 9.36. The van der Waals surface area contributed by atoms with Gasteiger partial charge in [-0.2, -0.15) is 5.26 Å². The van der Waals surface area contributed by atoms with Gasteiger partial charge in [-0.05, 0) is 11.6 Å². The Morgan fingerprint density at radius 3 is 3.12 bits per heavy atom. The van der Waals surface area contributed by atoms with E-state index in [1.807, 2.05) is 6.07 Å². The van der Waals surface area contributed by atoms with Crippen molar-refractivity contribution in [1.29, 1.82) is 5.26 Å². The number of nitriles is 1. The predicted molar refractivity (Wildman–Crippen MR) is 59.9 cm³/mol. The fourth-order valence-corrected chi connectivity index (χ4v) is 1.24. The van der Waals surface area contributed by atoms with Gasteiger partial charge in [-0.1, -0.05) is 23.8 Å². The first-order chi connectivity index (χ1) is 7.69. The highest BCUT2D eigenvalue weighted by molar-refractivity contribution is 6.32. The minimum Gasteiger partial charge on any atom is -0.465 e. The van der Waals surface area contributed by atoms with Crippen LogP contribution >= 0.6 is 11.6 Å². The van der Waals surface area contributed by atoms with E-state index < -0.39 is 5.97 Å². The number of methoxy groups -OCH3 is 1. The zero-order chi connectivity index (χ0) is 12.0. The highest BCUT2D eigenvalue weighted by atomic mass is 35.5. The van der Waals surface area contributed by atoms with Crippen LogP contribution in [0.3, 0.4) is 0 Å². The largest absolute Gasteiger partial charge is 0.465 e. The number of carbonyl (C=O) groups is 1. The quantitative estimate of drug-likeness (QED) is 0.597. The molecule has 0 aliphatic heterocycles. The van der Waals surface area contributed by atoms with Gasteiger partial charge in [0.2, 0.25) is 0 Å². The number of rotatable bonds is 3. The summed E-state index contributed by atoms with van der Waals surface area (Å²) >= 11 is 5.74. The molecule has 16 heavy (non-hydrogen) atoms. The number of aromatic nitrogens is 1. The highest BCUT2D eigenvalue weighted by Gasteiger charge is 2.11. The first kappa shape index (κ1) is 12.2. The molecule has 0 amide bonds. The smallest absolute Gasteiger partial charge is 0.341 e. The summed E-state index contributed by atoms with van der Waals surface area (Å²) in [6.07, 6.45) is 5.18. The van der Waals surface area contributed by atoms with Crippen LogP contribution < -0.4 is 0 Å². The van der Waals surface area contributed by atoms with E-state index in [0.717, 1.165) is 0 Å². The molecule has 0 radical (unpaired) electrons. The minimum atomic E-state index is -0.534. The zero-order valence-electron chi connectivity index (χ0n) is 8.61. The Hall–Kier alpha value is -1.86. The van der Waals surface area contributed by atoms with E-state index in [1.165, 1.54) is 13.3 Å². The molecule has 1 rings (SSSR count). The number of pyridine rings is 1. The number of esters is 1. The first-order valence-electron chi connectivity index (χ1n) is 4.46. The van der Waals surface area contributed by atoms with Crippen molar-refractivity contribution in [3.8, 4) is 6.07 Å². The molecule has 0 saturated heterocycles. The molecule has 4 nitrogen and oxygen atoms in total. The van der Waals surface area contributed by atoms with E-state index in [2.05, 4.69) is 9.72 Å². The van der Waals surface area contributed by atoms with E-state index in [1.54, 1.807) is 18.2 Å². The maximum Gasteiger partial charge on any atom is 0.341 e. The molecule has 0 saturated carbocycles. The summed E-state index contributed by atoms with van der Waals surface area (Å²) in [6, 6.07) is 3.54. The monoisotopic (exact) mass is 236 g/mol. The van der Waals surface area contributed by atoms with Crippen LogP contribution in [0.2, 0.25) is 5.15 Å². The molecule has 0 N–H and O–H groups in total. The van der Waals surface area contributed by atoms with Crippen LogP contribution in [0.4, 0.5) is 0 Å². The Kier molecular flexibility index (Phi) is 4.49. The predicted octanol–water partition coefficient (Wildman–Crippen LogP) is 2.45. The average molecular weight is 237 g/mol. The fraction of sp³-hybridized carbons (Fsp3) is 0.182. The van der Waals surface area contributed by atoms with Gasteiger partial charge in [0.05, 0.1) is 25.2 Å². The second-order valence-corrected chi connectivity index (χ2v) is 3.22. The Morgan fingerprint density at radius 1 is 1.75 bits per heavy atom. The van der Waals surface area contributed by atoms with Crippen molar-refractivity contribution in [2.24, 2.45) is 0 Å². The normalized spacial score (nSPS) is 10.1. The highest BCUT2D eigenvalue weighted by Crippen LogP contribution is 2.16. The number of hydrogen-bond donors (Lipinski definition) is 0. The molecule has 5 heteroatoms. The summed E-state index contributed by atoms with van der Waals surface area (Å²) in [7, 11) is 1.27. The lowest BCUT2D eigenvalue weighted by Gasteiger charge is -2.02. The van der Waals surface area contributed by atoms with Gasteiger partial charge in [-0.15, -0.1) is 0 Å². The lowest BCUT2D eigenvalue weighted by atomic mass is 10.2. The Balaban J connectivity index is 2.99. The van der Waals surface area contributed by atoms with Crippen LogP contribution in [0.15, 0.2) is 18.3 Å². The minimum absolute atomic E-state index is 0.101. The third kappa shape index (κ3) is 3.07. The molecule has 0 aromatic carbocycles. The van der Waals surface area contributed by atoms with E-state index in [9.17, 15) is 4.79 Å². The van der Waals surface area contributed by atoms with Gasteiger partial charge in [-0.3, -0.25) is 0 Å². The summed E-state index contributed by atoms with van der Waals surface area (Å²) in [6.45, 7) is 0. The SMILES string of the molecule is COC(=O)c1cc(C=CCC#N)cnc1Cl. The lowest BCUT2D eigenvalue weighted by Crippen LogP contribution is -2.03. The van der Waals surface area contributed by atoms with Crippen molar-refractivity contribution in [3.63, 3.8) is 0 Å². The van der Waals surface area contributed by atoms with Crippen molar-refractivity contribution in [3.05, 3.63) is 34.6 Å². The fourth-order valence-electron chi connectivity index (χ4n) is 1.06. The molecule has 0 aliphatic carbocycles. The molecule has 0 atom stereocenters. The van der Waals surface area contributed by atoms with Gasteiger partial charge in [-0.25, -0.2) is 9.78 Å². The molecule has 0 bridgehead atoms. The topological polar surface area (TPSA) is 63.0 Å². The van der Waals surface area contributed by atoms with Crippen molar-refractivity contribution < 1.29 is 9.53 Å². The van der Waals surface area contributed by atoms with Crippen molar-refractivity contribution in [1.82, 2.24) is 4.98 Å². The van der Waals surface area contributed by atoms with Crippen LogP contribution in [0.1, 0.15) is 22.3 Å². The molecule has 82 valence electrons. The summed E-state index contributed by atoms with van der Waals surface area (Å²) in [5, 5.41) is 8.46. The van der Waals surface area contributed by atoms with E-state index in [0.29, 0.717) is 12.0 Å². The Labute approximate surface area is 98.1 Å². The summed E-state index contributed by atoms with van der Waals surface area (Å²) in [4.78, 5) is 15.2. The van der Waals surface area contributed by atoms with Gasteiger partial charge in [0.25, 0.3) is 0 Å². The van der Waals surface area contributed by atoms with Crippen LogP contribution in [-0.4, -0.2) is 18.1 Å². The van der Waals surface area contributed by atoms with Crippen molar-refractivity contribution in [2.75, 3.05) is 7.11 Å².